The van der Waals surface area contributed by atoms with Crippen molar-refractivity contribution in [3.8, 4) is 17.2 Å². The van der Waals surface area contributed by atoms with E-state index in [9.17, 15) is 15.3 Å². The summed E-state index contributed by atoms with van der Waals surface area (Å²) in [5, 5.41) is 29.2. The number of hydrogen-bond acceptors (Lipinski definition) is 7. The van der Waals surface area contributed by atoms with Gasteiger partial charge >= 0.3 is 0 Å². The van der Waals surface area contributed by atoms with E-state index in [1.54, 1.807) is 12.1 Å². The van der Waals surface area contributed by atoms with Crippen molar-refractivity contribution in [1.29, 1.82) is 0 Å². The molecule has 3 N–H and O–H groups in total. The first-order valence-corrected chi connectivity index (χ1v) is 6.49. The highest BCUT2D eigenvalue weighted by molar-refractivity contribution is 5.52. The van der Waals surface area contributed by atoms with E-state index in [-0.39, 0.29) is 0 Å². The van der Waals surface area contributed by atoms with Crippen LogP contribution in [0.5, 0.6) is 17.2 Å². The first-order chi connectivity index (χ1) is 10.1. The summed E-state index contributed by atoms with van der Waals surface area (Å²) >= 11 is 0. The first-order valence-electron chi connectivity index (χ1n) is 6.49. The summed E-state index contributed by atoms with van der Waals surface area (Å²) in [5.41, 5.74) is 0.461. The van der Waals surface area contributed by atoms with Gasteiger partial charge in [-0.25, -0.2) is 0 Å². The molecular weight excluding hydrogens is 280 g/mol. The number of methoxy groups -OCH3 is 3. The van der Waals surface area contributed by atoms with Crippen LogP contribution in [0.4, 0.5) is 0 Å². The van der Waals surface area contributed by atoms with Crippen molar-refractivity contribution in [3.63, 3.8) is 0 Å². The summed E-state index contributed by atoms with van der Waals surface area (Å²) in [7, 11) is 4.46. The van der Waals surface area contributed by atoms with E-state index in [0.29, 0.717) is 22.8 Å². The Bertz CT molecular complexity index is 465. The van der Waals surface area contributed by atoms with Crippen LogP contribution in [-0.4, -0.2) is 61.6 Å². The molecule has 1 aliphatic rings. The predicted molar refractivity (Wildman–Crippen MR) is 72.8 cm³/mol. The Kier molecular flexibility index (Phi) is 4.89. The van der Waals surface area contributed by atoms with Gasteiger partial charge in [0.2, 0.25) is 0 Å². The molecule has 7 heteroatoms. The van der Waals surface area contributed by atoms with Crippen molar-refractivity contribution in [1.82, 2.24) is 0 Å². The van der Waals surface area contributed by atoms with Gasteiger partial charge in [0.1, 0.15) is 41.7 Å². The van der Waals surface area contributed by atoms with Gasteiger partial charge in [0.15, 0.2) is 0 Å². The summed E-state index contributed by atoms with van der Waals surface area (Å²) in [5.74, 6) is 1.33. The van der Waals surface area contributed by atoms with Crippen LogP contribution < -0.4 is 14.2 Å². The molecule has 118 valence electrons. The maximum Gasteiger partial charge on any atom is 0.132 e. The lowest BCUT2D eigenvalue weighted by atomic mass is 9.99. The van der Waals surface area contributed by atoms with E-state index in [1.165, 1.54) is 21.3 Å². The number of hydrogen-bond donors (Lipinski definition) is 3. The largest absolute Gasteiger partial charge is 0.496 e. The number of aliphatic hydroxyl groups excluding tert-OH is 3. The molecule has 0 saturated carbocycles. The standard InChI is InChI=1S/C14H20O7/c1-18-7-4-8(19-2)11(9(5-7)20-3)14-13(17)12(16)10(6-15)21-14/h4-5,10,12-17H,6H2,1-3H3/t10-,12-,13-,14?/m1/s1. The zero-order chi connectivity index (χ0) is 15.6. The monoisotopic (exact) mass is 300 g/mol. The molecule has 2 rings (SSSR count). The third kappa shape index (κ3) is 2.77. The van der Waals surface area contributed by atoms with Crippen LogP contribution in [0.1, 0.15) is 11.7 Å². The Morgan fingerprint density at radius 1 is 1.00 bits per heavy atom. The van der Waals surface area contributed by atoms with E-state index in [1.807, 2.05) is 0 Å². The van der Waals surface area contributed by atoms with Crippen LogP contribution in [0.3, 0.4) is 0 Å². The van der Waals surface area contributed by atoms with Crippen LogP contribution in [0.2, 0.25) is 0 Å². The third-order valence-corrected chi connectivity index (χ3v) is 3.58. The van der Waals surface area contributed by atoms with E-state index in [0.717, 1.165) is 0 Å². The topological polar surface area (TPSA) is 97.6 Å². The minimum Gasteiger partial charge on any atom is -0.496 e. The predicted octanol–water partition coefficient (Wildman–Crippen LogP) is -0.134. The average molecular weight is 300 g/mol. The second-order valence-electron chi connectivity index (χ2n) is 4.70. The highest BCUT2D eigenvalue weighted by Gasteiger charge is 2.45. The van der Waals surface area contributed by atoms with Gasteiger partial charge in [0, 0.05) is 12.1 Å². The highest BCUT2D eigenvalue weighted by atomic mass is 16.6. The molecule has 0 aromatic heterocycles. The maximum atomic E-state index is 10.2. The molecule has 1 saturated heterocycles. The lowest BCUT2D eigenvalue weighted by Gasteiger charge is -2.21. The summed E-state index contributed by atoms with van der Waals surface area (Å²) in [6.45, 7) is -0.393. The molecule has 0 aliphatic carbocycles. The number of aliphatic hydroxyl groups is 3. The van der Waals surface area contributed by atoms with Gasteiger partial charge in [0.05, 0.1) is 33.5 Å². The fourth-order valence-electron chi connectivity index (χ4n) is 2.45. The van der Waals surface area contributed by atoms with Gasteiger partial charge in [-0.1, -0.05) is 0 Å². The number of rotatable bonds is 5. The molecular formula is C14H20O7. The molecule has 7 nitrogen and oxygen atoms in total. The Morgan fingerprint density at radius 2 is 1.57 bits per heavy atom. The molecule has 1 aliphatic heterocycles. The van der Waals surface area contributed by atoms with Crippen molar-refractivity contribution >= 4 is 0 Å². The SMILES string of the molecule is COc1cc(OC)c(C2O[C@H](CO)[C@@H](O)[C@H]2O)c(OC)c1. The molecule has 1 fully saturated rings. The lowest BCUT2D eigenvalue weighted by Crippen LogP contribution is -2.32. The average Bonchev–Trinajstić information content (AvgIpc) is 2.81. The Hall–Kier alpha value is -1.54. The molecule has 1 aromatic rings. The molecule has 0 spiro atoms. The van der Waals surface area contributed by atoms with Gasteiger partial charge in [-0.05, 0) is 0 Å². The summed E-state index contributed by atoms with van der Waals surface area (Å²) < 4.78 is 21.3. The van der Waals surface area contributed by atoms with Crippen molar-refractivity contribution in [3.05, 3.63) is 17.7 Å². The zero-order valence-corrected chi connectivity index (χ0v) is 12.1. The van der Waals surface area contributed by atoms with Crippen molar-refractivity contribution in [2.45, 2.75) is 24.4 Å². The van der Waals surface area contributed by atoms with Gasteiger partial charge in [-0.15, -0.1) is 0 Å². The summed E-state index contributed by atoms with van der Waals surface area (Å²) in [6.07, 6.45) is -4.11. The molecule has 1 aromatic carbocycles. The number of ether oxygens (including phenoxy) is 4. The van der Waals surface area contributed by atoms with Crippen LogP contribution in [0, 0.1) is 0 Å². The summed E-state index contributed by atoms with van der Waals surface area (Å²) in [6, 6.07) is 3.26. The Balaban J connectivity index is 2.47. The normalized spacial score (nSPS) is 28.5. The van der Waals surface area contributed by atoms with Gasteiger partial charge in [-0.2, -0.15) is 0 Å². The second kappa shape index (κ2) is 6.48. The Labute approximate surface area is 122 Å². The lowest BCUT2D eigenvalue weighted by molar-refractivity contribution is -0.0239. The quantitative estimate of drug-likeness (QED) is 0.696. The van der Waals surface area contributed by atoms with Crippen LogP contribution >= 0.6 is 0 Å². The molecule has 4 atom stereocenters. The van der Waals surface area contributed by atoms with E-state index in [2.05, 4.69) is 0 Å². The maximum absolute atomic E-state index is 10.2. The highest BCUT2D eigenvalue weighted by Crippen LogP contribution is 2.44. The molecule has 21 heavy (non-hydrogen) atoms. The van der Waals surface area contributed by atoms with E-state index >= 15 is 0 Å². The van der Waals surface area contributed by atoms with Crippen molar-refractivity contribution < 1.29 is 34.3 Å². The van der Waals surface area contributed by atoms with Gasteiger partial charge in [0.25, 0.3) is 0 Å². The number of benzene rings is 1. The molecule has 0 bridgehead atoms. The van der Waals surface area contributed by atoms with Crippen LogP contribution in [0.25, 0.3) is 0 Å². The van der Waals surface area contributed by atoms with Crippen LogP contribution in [0.15, 0.2) is 12.1 Å². The van der Waals surface area contributed by atoms with Gasteiger partial charge < -0.3 is 34.3 Å². The second-order valence-corrected chi connectivity index (χ2v) is 4.70. The molecule has 1 heterocycles. The fraction of sp³-hybridized carbons (Fsp3) is 0.571. The summed E-state index contributed by atoms with van der Waals surface area (Å²) in [4.78, 5) is 0. The zero-order valence-electron chi connectivity index (χ0n) is 12.1. The minimum atomic E-state index is -1.20. The van der Waals surface area contributed by atoms with Crippen molar-refractivity contribution in [2.24, 2.45) is 0 Å². The van der Waals surface area contributed by atoms with Gasteiger partial charge in [-0.3, -0.25) is 0 Å². The molecule has 1 unspecified atom stereocenters. The van der Waals surface area contributed by atoms with E-state index < -0.39 is 31.0 Å². The van der Waals surface area contributed by atoms with E-state index in [4.69, 9.17) is 18.9 Å². The Morgan fingerprint density at radius 3 is 1.95 bits per heavy atom. The smallest absolute Gasteiger partial charge is 0.132 e. The first kappa shape index (κ1) is 15.8. The van der Waals surface area contributed by atoms with Crippen LogP contribution in [-0.2, 0) is 4.74 Å². The fourth-order valence-corrected chi connectivity index (χ4v) is 2.45. The molecule has 0 radical (unpaired) electrons. The third-order valence-electron chi connectivity index (χ3n) is 3.58. The van der Waals surface area contributed by atoms with Crippen molar-refractivity contribution in [2.75, 3.05) is 27.9 Å². The molecule has 0 amide bonds. The minimum absolute atomic E-state index is 0.393.